The number of likely N-dealkylation sites (N-methyl/N-ethyl adjacent to an activating group) is 1. The first-order chi connectivity index (χ1) is 10.7. The Balaban J connectivity index is 1.55. The summed E-state index contributed by atoms with van der Waals surface area (Å²) in [4.78, 5) is 26.5. The average molecular weight is 305 g/mol. The van der Waals surface area contributed by atoms with Gasteiger partial charge in [0.1, 0.15) is 5.69 Å². The quantitative estimate of drug-likeness (QED) is 0.903. The number of hydrogen-bond donors (Lipinski definition) is 1. The predicted octanol–water partition coefficient (Wildman–Crippen LogP) is 1.04. The fraction of sp³-hybridized carbons (Fsp3) is 0.750. The van der Waals surface area contributed by atoms with Gasteiger partial charge in [0.15, 0.2) is 0 Å². The summed E-state index contributed by atoms with van der Waals surface area (Å²) in [6, 6.07) is 0.379. The van der Waals surface area contributed by atoms with E-state index in [0.717, 1.165) is 58.5 Å². The molecule has 2 aliphatic heterocycles. The Morgan fingerprint density at radius 2 is 2.09 bits per heavy atom. The van der Waals surface area contributed by atoms with Gasteiger partial charge in [-0.05, 0) is 32.7 Å². The van der Waals surface area contributed by atoms with E-state index in [-0.39, 0.29) is 5.91 Å². The first kappa shape index (κ1) is 15.5. The van der Waals surface area contributed by atoms with Crippen LogP contribution in [0.5, 0.6) is 0 Å². The molecule has 1 N–H and O–H groups in total. The van der Waals surface area contributed by atoms with Gasteiger partial charge in [0, 0.05) is 45.3 Å². The third kappa shape index (κ3) is 3.67. The maximum Gasteiger partial charge on any atom is 0.272 e. The van der Waals surface area contributed by atoms with Crippen LogP contribution in [-0.4, -0.2) is 82.9 Å². The molecule has 0 spiro atoms. The number of nitrogens with zero attached hydrogens (tertiary/aromatic N) is 4. The van der Waals surface area contributed by atoms with Crippen molar-refractivity contribution in [1.82, 2.24) is 24.7 Å². The van der Waals surface area contributed by atoms with E-state index in [1.165, 1.54) is 6.42 Å². The molecule has 1 aromatic rings. The molecule has 0 aliphatic carbocycles. The first-order valence-electron chi connectivity index (χ1n) is 8.44. The van der Waals surface area contributed by atoms with Gasteiger partial charge in [0.25, 0.3) is 5.91 Å². The number of aromatic nitrogens is 2. The van der Waals surface area contributed by atoms with Crippen LogP contribution in [0.15, 0.2) is 12.5 Å². The minimum atomic E-state index is 0.112. The number of carbonyl (C=O) groups excluding carboxylic acids is 1. The summed E-state index contributed by atoms with van der Waals surface area (Å²) >= 11 is 0. The molecular weight excluding hydrogens is 278 g/mol. The topological polar surface area (TPSA) is 55.5 Å². The van der Waals surface area contributed by atoms with Crippen LogP contribution >= 0.6 is 0 Å². The molecule has 0 saturated carbocycles. The lowest BCUT2D eigenvalue weighted by atomic mass is 9.98. The van der Waals surface area contributed by atoms with Gasteiger partial charge >= 0.3 is 0 Å². The lowest BCUT2D eigenvalue weighted by Crippen LogP contribution is -2.48. The number of piperidine rings is 1. The molecule has 2 aliphatic rings. The van der Waals surface area contributed by atoms with Crippen molar-refractivity contribution in [2.24, 2.45) is 0 Å². The SMILES string of the molecule is CN1CCN(CCC2CCCCN2C(=O)c2cnc[nH]2)CC1. The van der Waals surface area contributed by atoms with Gasteiger partial charge in [-0.1, -0.05) is 0 Å². The van der Waals surface area contributed by atoms with Crippen molar-refractivity contribution in [3.63, 3.8) is 0 Å². The van der Waals surface area contributed by atoms with Crippen molar-refractivity contribution in [3.05, 3.63) is 18.2 Å². The maximum absolute atomic E-state index is 12.6. The van der Waals surface area contributed by atoms with E-state index in [4.69, 9.17) is 0 Å². The molecule has 122 valence electrons. The van der Waals surface area contributed by atoms with Crippen LogP contribution in [0.2, 0.25) is 0 Å². The van der Waals surface area contributed by atoms with Crippen LogP contribution in [0.3, 0.4) is 0 Å². The molecule has 3 rings (SSSR count). The Hall–Kier alpha value is -1.40. The largest absolute Gasteiger partial charge is 0.341 e. The molecule has 0 bridgehead atoms. The van der Waals surface area contributed by atoms with E-state index in [1.807, 2.05) is 0 Å². The van der Waals surface area contributed by atoms with Crippen molar-refractivity contribution in [2.45, 2.75) is 31.7 Å². The van der Waals surface area contributed by atoms with Crippen molar-refractivity contribution >= 4 is 5.91 Å². The van der Waals surface area contributed by atoms with Crippen LogP contribution < -0.4 is 0 Å². The molecule has 3 heterocycles. The highest BCUT2D eigenvalue weighted by atomic mass is 16.2. The zero-order valence-corrected chi connectivity index (χ0v) is 13.5. The van der Waals surface area contributed by atoms with Crippen LogP contribution in [-0.2, 0) is 0 Å². The fourth-order valence-corrected chi connectivity index (χ4v) is 3.50. The summed E-state index contributed by atoms with van der Waals surface area (Å²) in [5.41, 5.74) is 0.617. The van der Waals surface area contributed by atoms with Crippen molar-refractivity contribution in [2.75, 3.05) is 46.3 Å². The van der Waals surface area contributed by atoms with E-state index in [1.54, 1.807) is 12.5 Å². The normalized spacial score (nSPS) is 24.6. The molecule has 22 heavy (non-hydrogen) atoms. The molecule has 1 aromatic heterocycles. The van der Waals surface area contributed by atoms with E-state index >= 15 is 0 Å². The molecule has 2 saturated heterocycles. The molecule has 0 radical (unpaired) electrons. The molecule has 1 amide bonds. The zero-order chi connectivity index (χ0) is 15.4. The summed E-state index contributed by atoms with van der Waals surface area (Å²) in [5, 5.41) is 0. The Bertz CT molecular complexity index is 467. The first-order valence-corrected chi connectivity index (χ1v) is 8.44. The number of amides is 1. The number of rotatable bonds is 4. The second-order valence-corrected chi connectivity index (χ2v) is 6.55. The minimum absolute atomic E-state index is 0.112. The standard InChI is InChI=1S/C16H27N5O/c1-19-8-10-20(11-9-19)7-5-14-4-2-3-6-21(14)16(22)15-12-17-13-18-15/h12-14H,2-11H2,1H3,(H,17,18). The second kappa shape index (κ2) is 7.24. The molecule has 1 atom stereocenters. The average Bonchev–Trinajstić information content (AvgIpc) is 3.08. The molecule has 1 unspecified atom stereocenters. The smallest absolute Gasteiger partial charge is 0.272 e. The van der Waals surface area contributed by atoms with E-state index in [9.17, 15) is 4.79 Å². The Morgan fingerprint density at radius 1 is 1.27 bits per heavy atom. The number of carbonyl (C=O) groups is 1. The number of aromatic amines is 1. The molecule has 0 aromatic carbocycles. The van der Waals surface area contributed by atoms with Crippen molar-refractivity contribution in [1.29, 1.82) is 0 Å². The fourth-order valence-electron chi connectivity index (χ4n) is 3.50. The van der Waals surface area contributed by atoms with Gasteiger partial charge in [-0.15, -0.1) is 0 Å². The Kier molecular flexibility index (Phi) is 5.10. The van der Waals surface area contributed by atoms with E-state index in [0.29, 0.717) is 11.7 Å². The van der Waals surface area contributed by atoms with Crippen LogP contribution in [0.1, 0.15) is 36.2 Å². The van der Waals surface area contributed by atoms with Crippen molar-refractivity contribution < 1.29 is 4.79 Å². The number of likely N-dealkylation sites (tertiary alicyclic amines) is 1. The predicted molar refractivity (Wildman–Crippen MR) is 85.8 cm³/mol. The lowest BCUT2D eigenvalue weighted by Gasteiger charge is -2.38. The van der Waals surface area contributed by atoms with Gasteiger partial charge in [0.05, 0.1) is 12.5 Å². The summed E-state index contributed by atoms with van der Waals surface area (Å²) in [6.45, 7) is 6.59. The lowest BCUT2D eigenvalue weighted by molar-refractivity contribution is 0.0564. The second-order valence-electron chi connectivity index (χ2n) is 6.55. The number of piperazine rings is 1. The monoisotopic (exact) mass is 305 g/mol. The Labute approximate surface area is 132 Å². The number of hydrogen-bond acceptors (Lipinski definition) is 4. The van der Waals surface area contributed by atoms with Crippen LogP contribution in [0.25, 0.3) is 0 Å². The van der Waals surface area contributed by atoms with Gasteiger partial charge in [-0.25, -0.2) is 4.98 Å². The summed E-state index contributed by atoms with van der Waals surface area (Å²) in [7, 11) is 2.18. The summed E-state index contributed by atoms with van der Waals surface area (Å²) in [6.07, 6.45) is 7.78. The van der Waals surface area contributed by atoms with Crippen LogP contribution in [0.4, 0.5) is 0 Å². The highest BCUT2D eigenvalue weighted by molar-refractivity contribution is 5.92. The summed E-state index contributed by atoms with van der Waals surface area (Å²) in [5.74, 6) is 0.112. The third-order valence-corrected chi connectivity index (χ3v) is 4.99. The highest BCUT2D eigenvalue weighted by Crippen LogP contribution is 2.22. The van der Waals surface area contributed by atoms with Gasteiger partial charge < -0.3 is 19.7 Å². The van der Waals surface area contributed by atoms with E-state index in [2.05, 4.69) is 31.7 Å². The van der Waals surface area contributed by atoms with Crippen LogP contribution in [0, 0.1) is 0 Å². The number of nitrogens with one attached hydrogen (secondary N) is 1. The van der Waals surface area contributed by atoms with E-state index < -0.39 is 0 Å². The zero-order valence-electron chi connectivity index (χ0n) is 13.5. The highest BCUT2D eigenvalue weighted by Gasteiger charge is 2.28. The molecule has 6 heteroatoms. The van der Waals surface area contributed by atoms with Gasteiger partial charge in [0.2, 0.25) is 0 Å². The molecule has 6 nitrogen and oxygen atoms in total. The molecule has 2 fully saturated rings. The number of H-pyrrole nitrogens is 1. The van der Waals surface area contributed by atoms with Crippen molar-refractivity contribution in [3.8, 4) is 0 Å². The third-order valence-electron chi connectivity index (χ3n) is 4.99. The maximum atomic E-state index is 12.6. The Morgan fingerprint density at radius 3 is 2.82 bits per heavy atom. The molecular formula is C16H27N5O. The summed E-state index contributed by atoms with van der Waals surface area (Å²) < 4.78 is 0. The minimum Gasteiger partial charge on any atom is -0.341 e. The van der Waals surface area contributed by atoms with Gasteiger partial charge in [-0.3, -0.25) is 4.79 Å². The number of imidazole rings is 1. The van der Waals surface area contributed by atoms with Gasteiger partial charge in [-0.2, -0.15) is 0 Å².